The zero-order chi connectivity index (χ0) is 11.2. The number of rotatable bonds is 2. The molecule has 1 saturated heterocycles. The molecular formula is C8H8N2O3S2. The van der Waals surface area contributed by atoms with E-state index in [0.29, 0.717) is 11.3 Å². The molecule has 15 heavy (non-hydrogen) atoms. The first-order valence-electron chi connectivity index (χ1n) is 4.19. The van der Waals surface area contributed by atoms with Crippen LogP contribution in [-0.2, 0) is 9.59 Å². The average molecular weight is 244 g/mol. The summed E-state index contributed by atoms with van der Waals surface area (Å²) in [4.78, 5) is 23.6. The van der Waals surface area contributed by atoms with Crippen molar-refractivity contribution in [2.75, 3.05) is 5.75 Å². The van der Waals surface area contributed by atoms with Crippen molar-refractivity contribution in [2.24, 2.45) is 5.73 Å². The number of carbonyl (C=O) groups is 2. The molecule has 1 fully saturated rings. The lowest BCUT2D eigenvalue weighted by atomic mass is 10.0. The summed E-state index contributed by atoms with van der Waals surface area (Å²) in [6.45, 7) is 0. The first kappa shape index (κ1) is 10.6. The fourth-order valence-electron chi connectivity index (χ4n) is 1.63. The summed E-state index contributed by atoms with van der Waals surface area (Å²) < 4.78 is 0. The van der Waals surface area contributed by atoms with Gasteiger partial charge >= 0.3 is 5.97 Å². The van der Waals surface area contributed by atoms with Gasteiger partial charge < -0.3 is 10.8 Å². The Hall–Kier alpha value is -0.920. The second-order valence-electron chi connectivity index (χ2n) is 3.23. The van der Waals surface area contributed by atoms with Gasteiger partial charge in [-0.2, -0.15) is 0 Å². The van der Waals surface area contributed by atoms with Crippen LogP contribution >= 0.6 is 24.0 Å². The molecule has 5 nitrogen and oxygen atoms in total. The summed E-state index contributed by atoms with van der Waals surface area (Å²) in [6, 6.07) is -0.587. The van der Waals surface area contributed by atoms with E-state index in [-0.39, 0.29) is 17.0 Å². The van der Waals surface area contributed by atoms with Crippen LogP contribution in [0.1, 0.15) is 0 Å². The Labute approximate surface area is 95.3 Å². The average Bonchev–Trinajstić information content (AvgIpc) is 2.25. The number of nitrogens with two attached hydrogens (primary N) is 1. The quantitative estimate of drug-likeness (QED) is 0.506. The second-order valence-corrected chi connectivity index (χ2v) is 4.57. The highest BCUT2D eigenvalue weighted by atomic mass is 32.2. The summed E-state index contributed by atoms with van der Waals surface area (Å²) in [6.07, 6.45) is 0. The van der Waals surface area contributed by atoms with E-state index in [1.165, 1.54) is 22.0 Å². The molecule has 0 aromatic heterocycles. The maximum Gasteiger partial charge on any atom is 0.352 e. The van der Waals surface area contributed by atoms with Crippen molar-refractivity contribution in [3.05, 3.63) is 11.3 Å². The first-order valence-corrected chi connectivity index (χ1v) is 5.72. The Morgan fingerprint density at radius 3 is 2.93 bits per heavy atom. The third-order valence-electron chi connectivity index (χ3n) is 2.38. The van der Waals surface area contributed by atoms with Crippen LogP contribution in [0.15, 0.2) is 11.3 Å². The molecule has 80 valence electrons. The minimum absolute atomic E-state index is 0.0135. The van der Waals surface area contributed by atoms with Crippen LogP contribution in [0.4, 0.5) is 0 Å². The zero-order valence-corrected chi connectivity index (χ0v) is 9.18. The third-order valence-corrected chi connectivity index (χ3v) is 3.99. The van der Waals surface area contributed by atoms with Crippen LogP contribution in [0.5, 0.6) is 0 Å². The molecule has 0 spiro atoms. The predicted octanol–water partition coefficient (Wildman–Crippen LogP) is -0.433. The van der Waals surface area contributed by atoms with E-state index in [0.717, 1.165) is 0 Å². The van der Waals surface area contributed by atoms with E-state index in [2.05, 4.69) is 0 Å². The van der Waals surface area contributed by atoms with E-state index in [1.807, 2.05) is 0 Å². The van der Waals surface area contributed by atoms with Crippen LogP contribution in [0.25, 0.3) is 0 Å². The first-order chi connectivity index (χ1) is 7.07. The van der Waals surface area contributed by atoms with Gasteiger partial charge in [0.2, 0.25) is 5.91 Å². The lowest BCUT2D eigenvalue weighted by Crippen LogP contribution is -2.68. The number of thiocarbonyl (C=S) groups is 1. The molecule has 2 aliphatic heterocycles. The maximum absolute atomic E-state index is 11.4. The molecule has 0 bridgehead atoms. The minimum atomic E-state index is -1.13. The van der Waals surface area contributed by atoms with Crippen LogP contribution in [-0.4, -0.2) is 44.4 Å². The largest absolute Gasteiger partial charge is 0.477 e. The van der Waals surface area contributed by atoms with Crippen LogP contribution < -0.4 is 5.73 Å². The molecular weight excluding hydrogens is 236 g/mol. The second kappa shape index (κ2) is 3.58. The molecule has 0 aromatic rings. The number of fused-ring (bicyclic) bond motifs is 1. The summed E-state index contributed by atoms with van der Waals surface area (Å²) in [7, 11) is 0. The maximum atomic E-state index is 11.4. The van der Waals surface area contributed by atoms with Gasteiger partial charge in [0, 0.05) is 16.7 Å². The molecule has 0 unspecified atom stereocenters. The lowest BCUT2D eigenvalue weighted by molar-refractivity contribution is -0.147. The van der Waals surface area contributed by atoms with E-state index in [4.69, 9.17) is 23.1 Å². The van der Waals surface area contributed by atoms with Crippen molar-refractivity contribution in [2.45, 2.75) is 11.4 Å². The Morgan fingerprint density at radius 2 is 2.40 bits per heavy atom. The Bertz CT molecular complexity index is 393. The normalized spacial score (nSPS) is 29.7. The van der Waals surface area contributed by atoms with Gasteiger partial charge in [-0.25, -0.2) is 4.79 Å². The Kier molecular flexibility index (Phi) is 2.53. The molecule has 0 aromatic carbocycles. The van der Waals surface area contributed by atoms with Gasteiger partial charge in [-0.1, -0.05) is 12.2 Å². The van der Waals surface area contributed by atoms with E-state index < -0.39 is 12.0 Å². The third kappa shape index (κ3) is 1.38. The summed E-state index contributed by atoms with van der Waals surface area (Å²) >= 11 is 6.16. The highest BCUT2D eigenvalue weighted by molar-refractivity contribution is 8.00. The van der Waals surface area contributed by atoms with E-state index in [1.54, 1.807) is 0 Å². The summed E-state index contributed by atoms with van der Waals surface area (Å²) in [5, 5.41) is 10.1. The highest BCUT2D eigenvalue weighted by Gasteiger charge is 2.51. The number of carboxylic acid groups (broad SMARTS) is 1. The smallest absolute Gasteiger partial charge is 0.352 e. The van der Waals surface area contributed by atoms with E-state index >= 15 is 0 Å². The Morgan fingerprint density at radius 1 is 1.73 bits per heavy atom. The molecule has 2 atom stereocenters. The molecule has 2 rings (SSSR count). The molecule has 0 aliphatic carbocycles. The van der Waals surface area contributed by atoms with Crippen LogP contribution in [0.3, 0.4) is 0 Å². The number of nitrogens with zero attached hydrogens (tertiary/aromatic N) is 1. The number of carboxylic acids is 1. The number of hydrogen-bond acceptors (Lipinski definition) is 5. The zero-order valence-electron chi connectivity index (χ0n) is 7.54. The van der Waals surface area contributed by atoms with Crippen LogP contribution in [0.2, 0.25) is 0 Å². The monoisotopic (exact) mass is 244 g/mol. The van der Waals surface area contributed by atoms with Crippen molar-refractivity contribution >= 4 is 41.2 Å². The van der Waals surface area contributed by atoms with Gasteiger partial charge in [-0.05, 0) is 0 Å². The number of thioether (sulfide) groups is 1. The summed E-state index contributed by atoms with van der Waals surface area (Å²) in [5.74, 6) is -0.983. The molecule has 3 N–H and O–H groups in total. The highest BCUT2D eigenvalue weighted by Crippen LogP contribution is 2.38. The Balaban J connectivity index is 2.42. The van der Waals surface area contributed by atoms with Gasteiger partial charge in [0.15, 0.2) is 0 Å². The molecule has 0 radical (unpaired) electrons. The van der Waals surface area contributed by atoms with Gasteiger partial charge in [0.25, 0.3) is 0 Å². The lowest BCUT2D eigenvalue weighted by Gasteiger charge is -2.47. The fraction of sp³-hybridized carbons (Fsp3) is 0.375. The molecule has 2 aliphatic rings. The number of carbonyl (C=O) groups excluding carboxylic acids is 1. The van der Waals surface area contributed by atoms with Gasteiger partial charge in [0.05, 0.1) is 0 Å². The summed E-state index contributed by atoms with van der Waals surface area (Å²) in [5.41, 5.74) is 6.05. The minimum Gasteiger partial charge on any atom is -0.477 e. The molecule has 7 heteroatoms. The number of aliphatic carboxylic acids is 1. The van der Waals surface area contributed by atoms with Crippen molar-refractivity contribution < 1.29 is 14.7 Å². The number of β-lactam (4-membered cyclic amide) rings is 1. The van der Waals surface area contributed by atoms with Gasteiger partial charge in [-0.3, -0.25) is 9.69 Å². The molecule has 1 amide bonds. The molecule has 2 heterocycles. The standard InChI is InChI=1S/C8H8N2O3S2/c9-4-6(11)10-5(8(12)13)3(1-14)2-15-7(4)10/h1,4,7H,2,9H2,(H,12,13)/t4-,7+/m1/s1. The van der Waals surface area contributed by atoms with Gasteiger partial charge in [0.1, 0.15) is 17.1 Å². The fourth-order valence-corrected chi connectivity index (χ4v) is 3.18. The van der Waals surface area contributed by atoms with Crippen molar-refractivity contribution in [1.29, 1.82) is 0 Å². The molecule has 0 saturated carbocycles. The van der Waals surface area contributed by atoms with Crippen molar-refractivity contribution in [3.63, 3.8) is 0 Å². The number of hydrogen-bond donors (Lipinski definition) is 2. The van der Waals surface area contributed by atoms with E-state index in [9.17, 15) is 9.59 Å². The predicted molar refractivity (Wildman–Crippen MR) is 59.4 cm³/mol. The van der Waals surface area contributed by atoms with Crippen LogP contribution in [0, 0.1) is 0 Å². The van der Waals surface area contributed by atoms with Crippen molar-refractivity contribution in [3.8, 4) is 0 Å². The van der Waals surface area contributed by atoms with Gasteiger partial charge in [-0.15, -0.1) is 11.8 Å². The number of amides is 1. The topological polar surface area (TPSA) is 83.6 Å². The SMILES string of the molecule is N[C@@H]1C(=O)N2C(C(=O)O)=C(C=S)CS[C@@H]12. The van der Waals surface area contributed by atoms with Crippen molar-refractivity contribution in [1.82, 2.24) is 4.90 Å².